The molecule has 3 rings (SSSR count). The zero-order valence-electron chi connectivity index (χ0n) is 15.1. The van der Waals surface area contributed by atoms with Crippen molar-refractivity contribution in [2.24, 2.45) is 5.92 Å². The molecule has 26 heavy (non-hydrogen) atoms. The van der Waals surface area contributed by atoms with Crippen LogP contribution in [0.5, 0.6) is 5.75 Å². The van der Waals surface area contributed by atoms with E-state index in [1.54, 1.807) is 4.90 Å². The largest absolute Gasteiger partial charge is 0.492 e. The van der Waals surface area contributed by atoms with Crippen molar-refractivity contribution in [2.75, 3.05) is 18.1 Å². The number of amides is 2. The van der Waals surface area contributed by atoms with E-state index in [2.05, 4.69) is 5.32 Å². The number of benzene rings is 2. The highest BCUT2D eigenvalue weighted by Gasteiger charge is 2.36. The first-order valence-corrected chi connectivity index (χ1v) is 8.97. The standard InChI is InChI=1S/C21H24N2O3/c1-3-26-19-12-8-7-11-18(19)23-14-17(13-20(23)24)21(25)22-15(2)16-9-5-4-6-10-16/h4-12,15,17H,3,13-14H2,1-2H3,(H,22,25). The second-order valence-corrected chi connectivity index (χ2v) is 6.45. The first kappa shape index (κ1) is 18.0. The van der Waals surface area contributed by atoms with E-state index in [9.17, 15) is 9.59 Å². The maximum atomic E-state index is 12.6. The van der Waals surface area contributed by atoms with Crippen LogP contribution in [-0.4, -0.2) is 25.0 Å². The number of para-hydroxylation sites is 2. The number of rotatable bonds is 6. The number of anilines is 1. The highest BCUT2D eigenvalue weighted by Crippen LogP contribution is 2.33. The third-order valence-corrected chi connectivity index (χ3v) is 4.61. The average Bonchev–Trinajstić information content (AvgIpc) is 3.05. The minimum atomic E-state index is -0.358. The normalized spacial score (nSPS) is 17.8. The summed E-state index contributed by atoms with van der Waals surface area (Å²) >= 11 is 0. The number of hydrogen-bond acceptors (Lipinski definition) is 3. The maximum absolute atomic E-state index is 12.6. The lowest BCUT2D eigenvalue weighted by atomic mass is 10.1. The molecule has 2 aromatic carbocycles. The van der Waals surface area contributed by atoms with Gasteiger partial charge in [-0.1, -0.05) is 42.5 Å². The third-order valence-electron chi connectivity index (χ3n) is 4.61. The van der Waals surface area contributed by atoms with Crippen molar-refractivity contribution in [3.05, 3.63) is 60.2 Å². The van der Waals surface area contributed by atoms with Crippen LogP contribution in [0.3, 0.4) is 0 Å². The van der Waals surface area contributed by atoms with Gasteiger partial charge in [-0.15, -0.1) is 0 Å². The lowest BCUT2D eigenvalue weighted by molar-refractivity contribution is -0.126. The molecule has 1 aliphatic heterocycles. The van der Waals surface area contributed by atoms with Gasteiger partial charge in [-0.05, 0) is 31.5 Å². The number of carbonyl (C=O) groups is 2. The molecule has 5 heteroatoms. The summed E-state index contributed by atoms with van der Waals surface area (Å²) in [5.74, 6) is 0.168. The predicted octanol–water partition coefficient (Wildman–Crippen LogP) is 3.32. The van der Waals surface area contributed by atoms with Crippen LogP contribution in [0.25, 0.3) is 0 Å². The monoisotopic (exact) mass is 352 g/mol. The van der Waals surface area contributed by atoms with E-state index in [1.165, 1.54) is 0 Å². The summed E-state index contributed by atoms with van der Waals surface area (Å²) in [5, 5.41) is 3.02. The summed E-state index contributed by atoms with van der Waals surface area (Å²) in [4.78, 5) is 26.8. The molecule has 0 aromatic heterocycles. The summed E-state index contributed by atoms with van der Waals surface area (Å²) in [6.45, 7) is 4.75. The van der Waals surface area contributed by atoms with Gasteiger partial charge in [-0.2, -0.15) is 0 Å². The van der Waals surface area contributed by atoms with Gasteiger partial charge in [0.2, 0.25) is 11.8 Å². The molecule has 1 heterocycles. The van der Waals surface area contributed by atoms with Crippen molar-refractivity contribution in [3.63, 3.8) is 0 Å². The quantitative estimate of drug-likeness (QED) is 0.868. The molecule has 5 nitrogen and oxygen atoms in total. The Labute approximate surface area is 154 Å². The minimum absolute atomic E-state index is 0.0512. The van der Waals surface area contributed by atoms with E-state index in [-0.39, 0.29) is 30.2 Å². The SMILES string of the molecule is CCOc1ccccc1N1CC(C(=O)NC(C)c2ccccc2)CC1=O. The molecule has 1 aliphatic rings. The number of nitrogens with zero attached hydrogens (tertiary/aromatic N) is 1. The smallest absolute Gasteiger partial charge is 0.227 e. The van der Waals surface area contributed by atoms with Crippen LogP contribution in [0.15, 0.2) is 54.6 Å². The third kappa shape index (κ3) is 3.87. The minimum Gasteiger partial charge on any atom is -0.492 e. The van der Waals surface area contributed by atoms with E-state index in [4.69, 9.17) is 4.74 Å². The molecule has 0 aliphatic carbocycles. The topological polar surface area (TPSA) is 58.6 Å². The van der Waals surface area contributed by atoms with Gasteiger partial charge in [0.15, 0.2) is 0 Å². The van der Waals surface area contributed by atoms with Crippen molar-refractivity contribution in [1.29, 1.82) is 0 Å². The molecular weight excluding hydrogens is 328 g/mol. The molecule has 136 valence electrons. The fourth-order valence-electron chi connectivity index (χ4n) is 3.23. The van der Waals surface area contributed by atoms with Crippen LogP contribution in [0.2, 0.25) is 0 Å². The van der Waals surface area contributed by atoms with Crippen molar-refractivity contribution in [3.8, 4) is 5.75 Å². The van der Waals surface area contributed by atoms with E-state index >= 15 is 0 Å². The second-order valence-electron chi connectivity index (χ2n) is 6.45. The Balaban J connectivity index is 1.69. The molecule has 0 saturated carbocycles. The molecule has 1 N–H and O–H groups in total. The lowest BCUT2D eigenvalue weighted by Crippen LogP contribution is -2.34. The Bertz CT molecular complexity index is 776. The summed E-state index contributed by atoms with van der Waals surface area (Å²) in [6.07, 6.45) is 0.216. The van der Waals surface area contributed by atoms with Crippen LogP contribution in [0.4, 0.5) is 5.69 Å². The van der Waals surface area contributed by atoms with Crippen LogP contribution in [0.1, 0.15) is 31.9 Å². The number of ether oxygens (including phenoxy) is 1. The van der Waals surface area contributed by atoms with Gasteiger partial charge in [0.25, 0.3) is 0 Å². The molecule has 1 saturated heterocycles. The first-order chi connectivity index (χ1) is 12.6. The Hall–Kier alpha value is -2.82. The highest BCUT2D eigenvalue weighted by molar-refractivity contribution is 6.01. The Morgan fingerprint density at radius 2 is 1.88 bits per heavy atom. The molecule has 0 radical (unpaired) electrons. The molecule has 2 amide bonds. The van der Waals surface area contributed by atoms with Gasteiger partial charge in [-0.3, -0.25) is 9.59 Å². The zero-order valence-corrected chi connectivity index (χ0v) is 15.1. The molecule has 2 aromatic rings. The number of nitrogens with one attached hydrogen (secondary N) is 1. The van der Waals surface area contributed by atoms with Crippen LogP contribution < -0.4 is 15.0 Å². The molecule has 2 unspecified atom stereocenters. The van der Waals surface area contributed by atoms with Crippen LogP contribution in [-0.2, 0) is 9.59 Å². The van der Waals surface area contributed by atoms with Crippen molar-refractivity contribution in [1.82, 2.24) is 5.32 Å². The first-order valence-electron chi connectivity index (χ1n) is 8.97. The Kier molecular flexibility index (Phi) is 5.56. The summed E-state index contributed by atoms with van der Waals surface area (Å²) in [6, 6.07) is 17.2. The van der Waals surface area contributed by atoms with E-state index in [1.807, 2.05) is 68.4 Å². The van der Waals surface area contributed by atoms with Gasteiger partial charge in [0, 0.05) is 13.0 Å². The van der Waals surface area contributed by atoms with E-state index in [0.717, 1.165) is 11.3 Å². The predicted molar refractivity (Wildman–Crippen MR) is 101 cm³/mol. The summed E-state index contributed by atoms with van der Waals surface area (Å²) in [7, 11) is 0. The maximum Gasteiger partial charge on any atom is 0.227 e. The van der Waals surface area contributed by atoms with Gasteiger partial charge < -0.3 is 15.0 Å². The molecular formula is C21H24N2O3. The molecule has 1 fully saturated rings. The highest BCUT2D eigenvalue weighted by atomic mass is 16.5. The molecule has 2 atom stereocenters. The van der Waals surface area contributed by atoms with Crippen LogP contribution >= 0.6 is 0 Å². The fourth-order valence-corrected chi connectivity index (χ4v) is 3.23. The molecule has 0 bridgehead atoms. The summed E-state index contributed by atoms with van der Waals surface area (Å²) < 4.78 is 5.62. The lowest BCUT2D eigenvalue weighted by Gasteiger charge is -2.21. The zero-order chi connectivity index (χ0) is 18.5. The Morgan fingerprint density at radius 1 is 1.19 bits per heavy atom. The fraction of sp³-hybridized carbons (Fsp3) is 0.333. The van der Waals surface area contributed by atoms with Crippen LogP contribution in [0, 0.1) is 5.92 Å². The average molecular weight is 352 g/mol. The number of hydrogen-bond donors (Lipinski definition) is 1. The Morgan fingerprint density at radius 3 is 2.62 bits per heavy atom. The van der Waals surface area contributed by atoms with Gasteiger partial charge in [0.1, 0.15) is 5.75 Å². The van der Waals surface area contributed by atoms with Crippen molar-refractivity contribution in [2.45, 2.75) is 26.3 Å². The number of carbonyl (C=O) groups excluding carboxylic acids is 2. The van der Waals surface area contributed by atoms with Crippen molar-refractivity contribution >= 4 is 17.5 Å². The van der Waals surface area contributed by atoms with Gasteiger partial charge in [0.05, 0.1) is 24.3 Å². The van der Waals surface area contributed by atoms with E-state index in [0.29, 0.717) is 18.9 Å². The van der Waals surface area contributed by atoms with Gasteiger partial charge >= 0.3 is 0 Å². The van der Waals surface area contributed by atoms with Crippen molar-refractivity contribution < 1.29 is 14.3 Å². The second kappa shape index (κ2) is 8.04. The molecule has 0 spiro atoms. The van der Waals surface area contributed by atoms with E-state index < -0.39 is 0 Å². The van der Waals surface area contributed by atoms with Gasteiger partial charge in [-0.25, -0.2) is 0 Å². The summed E-state index contributed by atoms with van der Waals surface area (Å²) in [5.41, 5.74) is 1.77.